The Bertz CT molecular complexity index is 3550. The van der Waals surface area contributed by atoms with Gasteiger partial charge in [0.2, 0.25) is 0 Å². The third kappa shape index (κ3) is 3.97. The normalized spacial score (nSPS) is 15.4. The second-order valence-electron chi connectivity index (χ2n) is 16.7. The molecule has 0 N–H and O–H groups in total. The van der Waals surface area contributed by atoms with Gasteiger partial charge in [0.1, 0.15) is 0 Å². The molecule has 2 aliphatic carbocycles. The molecule has 0 amide bonds. The predicted octanol–water partition coefficient (Wildman–Crippen LogP) is 15.7. The van der Waals surface area contributed by atoms with Crippen LogP contribution in [0.1, 0.15) is 22.3 Å². The van der Waals surface area contributed by atoms with Crippen LogP contribution in [0.2, 0.25) is 0 Å². The lowest BCUT2D eigenvalue weighted by Crippen LogP contribution is -2.29. The van der Waals surface area contributed by atoms with Crippen LogP contribution in [-0.2, 0) is 5.41 Å². The lowest BCUT2D eigenvalue weighted by molar-refractivity contribution is 0.777. The van der Waals surface area contributed by atoms with Crippen LogP contribution >= 0.6 is 0 Å². The SMILES string of the molecule is c1ccc2c(c1)-c1ccccc1N(c1ccc3c(c1)C1(c4ccccc4-c4ccccc4-3)c3ccccc3-c3c1cc1ccc4cccc5ccc3c1c45)c1ccccc1-2. The van der Waals surface area contributed by atoms with E-state index in [1.54, 1.807) is 0 Å². The molecule has 0 bridgehead atoms. The molecule has 1 aliphatic heterocycles. The van der Waals surface area contributed by atoms with Crippen molar-refractivity contribution in [2.24, 2.45) is 0 Å². The van der Waals surface area contributed by atoms with E-state index in [-0.39, 0.29) is 0 Å². The standard InChI is InChI=1S/C59H35N/c1-2-17-41-40(16-1)44-20-5-9-24-50(44)59(51-25-10-6-23-48(51)58-49-32-30-37-15-13-14-36-28-29-38(34-53(58)59)57(49)56(36)37)52-35-39(31-33-45(41)52)60-54-26-11-7-21-46(54)42-18-3-4-19-43(42)47-22-8-12-27-55(47)60/h1-35H. The Kier molecular flexibility index (Phi) is 6.28. The first kappa shape index (κ1) is 32.2. The molecule has 1 atom stereocenters. The van der Waals surface area contributed by atoms with Crippen LogP contribution in [-0.4, -0.2) is 0 Å². The molecule has 14 rings (SSSR count). The molecular weight excluding hydrogens is 723 g/mol. The molecule has 0 radical (unpaired) electrons. The Morgan fingerprint density at radius 3 is 1.42 bits per heavy atom. The summed E-state index contributed by atoms with van der Waals surface area (Å²) in [6.07, 6.45) is 0. The molecule has 1 heteroatoms. The largest absolute Gasteiger partial charge is 0.309 e. The van der Waals surface area contributed by atoms with Gasteiger partial charge in [0, 0.05) is 16.8 Å². The third-order valence-electron chi connectivity index (χ3n) is 14.0. The number of anilines is 3. The maximum atomic E-state index is 2.56. The Morgan fingerprint density at radius 2 is 0.767 bits per heavy atom. The van der Waals surface area contributed by atoms with Crippen molar-refractivity contribution in [3.05, 3.63) is 235 Å². The van der Waals surface area contributed by atoms with Crippen molar-refractivity contribution in [2.75, 3.05) is 4.90 Å². The molecule has 3 aliphatic rings. The van der Waals surface area contributed by atoms with Crippen molar-refractivity contribution >= 4 is 49.4 Å². The second kappa shape index (κ2) is 11.7. The fraction of sp³-hybridized carbons (Fsp3) is 0.0169. The molecule has 0 saturated heterocycles. The highest BCUT2D eigenvalue weighted by atomic mass is 15.1. The topological polar surface area (TPSA) is 3.24 Å². The summed E-state index contributed by atoms with van der Waals surface area (Å²) in [7, 11) is 0. The number of rotatable bonds is 1. The Hall–Kier alpha value is -7.74. The van der Waals surface area contributed by atoms with Crippen molar-refractivity contribution in [2.45, 2.75) is 5.41 Å². The minimum Gasteiger partial charge on any atom is -0.309 e. The average Bonchev–Trinajstić information content (AvgIpc) is 3.47. The summed E-state index contributed by atoms with van der Waals surface area (Å²) in [4.78, 5) is 2.52. The van der Waals surface area contributed by atoms with Crippen molar-refractivity contribution in [1.82, 2.24) is 0 Å². The van der Waals surface area contributed by atoms with E-state index >= 15 is 0 Å². The van der Waals surface area contributed by atoms with Gasteiger partial charge in [-0.25, -0.2) is 0 Å². The van der Waals surface area contributed by atoms with Crippen LogP contribution in [0.5, 0.6) is 0 Å². The summed E-state index contributed by atoms with van der Waals surface area (Å²) >= 11 is 0. The quantitative estimate of drug-likeness (QED) is 0.151. The highest BCUT2D eigenvalue weighted by Crippen LogP contribution is 2.64. The summed E-state index contributed by atoms with van der Waals surface area (Å²) in [5.41, 5.74) is 20.8. The maximum absolute atomic E-state index is 2.56. The summed E-state index contributed by atoms with van der Waals surface area (Å²) in [5, 5.41) is 7.89. The average molecular weight is 758 g/mol. The lowest BCUT2D eigenvalue weighted by atomic mass is 9.65. The van der Waals surface area contributed by atoms with Crippen molar-refractivity contribution in [1.29, 1.82) is 0 Å². The minimum atomic E-state index is -0.634. The number of benzene rings is 11. The first-order chi connectivity index (χ1) is 29.8. The Labute approximate surface area is 348 Å². The highest BCUT2D eigenvalue weighted by Gasteiger charge is 2.50. The fourth-order valence-electron chi connectivity index (χ4n) is 11.7. The molecule has 1 unspecified atom stereocenters. The number of nitrogens with zero attached hydrogens (tertiary/aromatic N) is 1. The number of hydrogen-bond donors (Lipinski definition) is 0. The van der Waals surface area contributed by atoms with Crippen LogP contribution in [0.15, 0.2) is 212 Å². The summed E-state index contributed by atoms with van der Waals surface area (Å²) in [6, 6.07) is 80.4. The van der Waals surface area contributed by atoms with Crippen LogP contribution in [0.4, 0.5) is 17.1 Å². The van der Waals surface area contributed by atoms with E-state index < -0.39 is 5.41 Å². The van der Waals surface area contributed by atoms with Gasteiger partial charge >= 0.3 is 0 Å². The predicted molar refractivity (Wildman–Crippen MR) is 251 cm³/mol. The van der Waals surface area contributed by atoms with E-state index in [2.05, 4.69) is 217 Å². The summed E-state index contributed by atoms with van der Waals surface area (Å²) in [6.45, 7) is 0. The lowest BCUT2D eigenvalue weighted by Gasteiger charge is -2.37. The molecule has 11 aromatic rings. The van der Waals surface area contributed by atoms with Gasteiger partial charge in [-0.05, 0) is 129 Å². The van der Waals surface area contributed by atoms with Gasteiger partial charge in [-0.1, -0.05) is 182 Å². The van der Waals surface area contributed by atoms with E-state index in [0.717, 1.165) is 5.69 Å². The number of fused-ring (bicyclic) bond motifs is 18. The molecule has 0 aromatic heterocycles. The molecule has 1 nitrogen and oxygen atoms in total. The molecular formula is C59H35N. The molecule has 0 saturated carbocycles. The Morgan fingerprint density at radius 1 is 0.283 bits per heavy atom. The van der Waals surface area contributed by atoms with Crippen LogP contribution in [0, 0.1) is 0 Å². The van der Waals surface area contributed by atoms with Gasteiger partial charge in [-0.2, -0.15) is 0 Å². The summed E-state index contributed by atoms with van der Waals surface area (Å²) < 4.78 is 0. The zero-order chi connectivity index (χ0) is 39.1. The van der Waals surface area contributed by atoms with Crippen LogP contribution < -0.4 is 4.90 Å². The van der Waals surface area contributed by atoms with Gasteiger partial charge in [-0.3, -0.25) is 0 Å². The molecule has 60 heavy (non-hydrogen) atoms. The van der Waals surface area contributed by atoms with Gasteiger partial charge in [0.05, 0.1) is 16.8 Å². The van der Waals surface area contributed by atoms with Crippen LogP contribution in [0.3, 0.4) is 0 Å². The summed E-state index contributed by atoms with van der Waals surface area (Å²) in [5.74, 6) is 0. The Balaban J connectivity index is 1.16. The van der Waals surface area contributed by atoms with Gasteiger partial charge < -0.3 is 4.90 Å². The highest BCUT2D eigenvalue weighted by molar-refractivity contribution is 6.27. The zero-order valence-corrected chi connectivity index (χ0v) is 32.7. The molecule has 11 aromatic carbocycles. The van der Waals surface area contributed by atoms with Crippen LogP contribution in [0.25, 0.3) is 88.0 Å². The fourth-order valence-corrected chi connectivity index (χ4v) is 11.7. The van der Waals surface area contributed by atoms with Gasteiger partial charge in [0.25, 0.3) is 0 Å². The smallest absolute Gasteiger partial charge is 0.0726 e. The third-order valence-corrected chi connectivity index (χ3v) is 14.0. The minimum absolute atomic E-state index is 0.634. The maximum Gasteiger partial charge on any atom is 0.0726 e. The molecule has 1 heterocycles. The molecule has 1 spiro atoms. The first-order valence-corrected chi connectivity index (χ1v) is 21.0. The first-order valence-electron chi connectivity index (χ1n) is 21.0. The number of hydrogen-bond acceptors (Lipinski definition) is 1. The van der Waals surface area contributed by atoms with Crippen molar-refractivity contribution in [3.63, 3.8) is 0 Å². The molecule has 0 fully saturated rings. The second-order valence-corrected chi connectivity index (χ2v) is 16.7. The molecule has 276 valence electrons. The van der Waals surface area contributed by atoms with E-state index in [1.165, 1.54) is 122 Å². The monoisotopic (exact) mass is 757 g/mol. The zero-order valence-electron chi connectivity index (χ0n) is 32.7. The van der Waals surface area contributed by atoms with E-state index in [1.807, 2.05) is 0 Å². The van der Waals surface area contributed by atoms with Gasteiger partial charge in [-0.15, -0.1) is 0 Å². The van der Waals surface area contributed by atoms with E-state index in [0.29, 0.717) is 0 Å². The van der Waals surface area contributed by atoms with Crippen molar-refractivity contribution < 1.29 is 0 Å². The van der Waals surface area contributed by atoms with Crippen molar-refractivity contribution in [3.8, 4) is 55.6 Å². The van der Waals surface area contributed by atoms with E-state index in [4.69, 9.17) is 0 Å². The van der Waals surface area contributed by atoms with E-state index in [9.17, 15) is 0 Å². The number of para-hydroxylation sites is 2. The van der Waals surface area contributed by atoms with Gasteiger partial charge in [0.15, 0.2) is 0 Å².